The summed E-state index contributed by atoms with van der Waals surface area (Å²) in [7, 11) is -3.89. The number of carbonyl (C=O) groups is 1. The van der Waals surface area contributed by atoms with Crippen molar-refractivity contribution in [1.29, 1.82) is 0 Å². The molecule has 1 aromatic heterocycles. The van der Waals surface area contributed by atoms with Crippen molar-refractivity contribution in [3.05, 3.63) is 71.9 Å². The van der Waals surface area contributed by atoms with Crippen LogP contribution in [-0.4, -0.2) is 37.1 Å². The van der Waals surface area contributed by atoms with Gasteiger partial charge in [0, 0.05) is 11.3 Å². The average Bonchev–Trinajstić information content (AvgIpc) is 2.82. The van der Waals surface area contributed by atoms with Crippen LogP contribution in [0.1, 0.15) is 37.9 Å². The molecule has 7 nitrogen and oxygen atoms in total. The Balaban J connectivity index is 1.76. The van der Waals surface area contributed by atoms with Crippen LogP contribution in [-0.2, 0) is 14.8 Å². The first-order valence-electron chi connectivity index (χ1n) is 11.5. The molecule has 1 N–H and O–H groups in total. The molecule has 0 unspecified atom stereocenters. The van der Waals surface area contributed by atoms with Crippen LogP contribution in [0, 0.1) is 19.3 Å². The predicted molar refractivity (Wildman–Crippen MR) is 135 cm³/mol. The Labute approximate surface area is 206 Å². The topological polar surface area (TPSA) is 96.8 Å². The van der Waals surface area contributed by atoms with E-state index in [0.29, 0.717) is 24.3 Å². The monoisotopic (exact) mass is 494 g/mol. The lowest BCUT2D eigenvalue weighted by atomic mass is 9.86. The van der Waals surface area contributed by atoms with Gasteiger partial charge in [0.2, 0.25) is 0 Å². The van der Waals surface area contributed by atoms with E-state index in [4.69, 9.17) is 4.74 Å². The molecule has 0 bridgehead atoms. The van der Waals surface area contributed by atoms with Crippen LogP contribution in [0.5, 0.6) is 5.75 Å². The molecule has 2 heterocycles. The number of sulfonamides is 1. The third-order valence-corrected chi connectivity index (χ3v) is 8.10. The second-order valence-corrected chi connectivity index (χ2v) is 11.5. The second kappa shape index (κ2) is 9.34. The Kier molecular flexibility index (Phi) is 6.60. The normalized spacial score (nSPS) is 15.9. The van der Waals surface area contributed by atoms with Crippen LogP contribution in [0.2, 0.25) is 0 Å². The van der Waals surface area contributed by atoms with E-state index in [9.17, 15) is 18.3 Å². The summed E-state index contributed by atoms with van der Waals surface area (Å²) >= 11 is 0. The first kappa shape index (κ1) is 24.7. The maximum absolute atomic E-state index is 13.8. The Hall–Kier alpha value is -3.39. The van der Waals surface area contributed by atoms with E-state index < -0.39 is 27.5 Å². The van der Waals surface area contributed by atoms with Crippen molar-refractivity contribution < 1.29 is 23.1 Å². The van der Waals surface area contributed by atoms with Gasteiger partial charge in [0.25, 0.3) is 10.0 Å². The van der Waals surface area contributed by atoms with Gasteiger partial charge in [-0.05, 0) is 88.6 Å². The summed E-state index contributed by atoms with van der Waals surface area (Å²) in [5, 5.41) is 9.49. The van der Waals surface area contributed by atoms with Gasteiger partial charge in [0.05, 0.1) is 28.2 Å². The number of aryl methyl sites for hydroxylation is 2. The lowest BCUT2D eigenvalue weighted by Gasteiger charge is -2.36. The van der Waals surface area contributed by atoms with Crippen LogP contribution in [0.15, 0.2) is 65.6 Å². The first-order chi connectivity index (χ1) is 16.5. The molecule has 0 radical (unpaired) electrons. The number of carboxylic acid groups (broad SMARTS) is 1. The SMILES string of the molecule is Cc1cccc(S(=O)(=O)N2C[C@H](CCC(C)(C)C(=O)O)Oc3ccc(-c4cccc(C)n4)cc32)c1. The molecule has 1 aliphatic rings. The Bertz CT molecular complexity index is 1370. The smallest absolute Gasteiger partial charge is 0.309 e. The molecule has 8 heteroatoms. The Morgan fingerprint density at radius 1 is 1.11 bits per heavy atom. The minimum absolute atomic E-state index is 0.0870. The van der Waals surface area contributed by atoms with Crippen LogP contribution in [0.3, 0.4) is 0 Å². The highest BCUT2D eigenvalue weighted by molar-refractivity contribution is 7.92. The maximum atomic E-state index is 13.8. The van der Waals surface area contributed by atoms with Crippen molar-refractivity contribution in [1.82, 2.24) is 4.98 Å². The van der Waals surface area contributed by atoms with E-state index in [-0.39, 0.29) is 11.4 Å². The van der Waals surface area contributed by atoms with Crippen LogP contribution in [0.25, 0.3) is 11.3 Å². The largest absolute Gasteiger partial charge is 0.486 e. The summed E-state index contributed by atoms with van der Waals surface area (Å²) in [6.45, 7) is 7.17. The highest BCUT2D eigenvalue weighted by atomic mass is 32.2. The summed E-state index contributed by atoms with van der Waals surface area (Å²) in [4.78, 5) is 16.4. The molecule has 3 aromatic rings. The molecule has 1 aliphatic heterocycles. The predicted octanol–water partition coefficient (Wildman–Crippen LogP) is 5.21. The number of aromatic nitrogens is 1. The van der Waals surface area contributed by atoms with E-state index in [1.54, 1.807) is 44.2 Å². The molecule has 4 rings (SSSR count). The van der Waals surface area contributed by atoms with Gasteiger partial charge < -0.3 is 9.84 Å². The van der Waals surface area contributed by atoms with Crippen molar-refractivity contribution in [3.8, 4) is 17.0 Å². The van der Waals surface area contributed by atoms with Crippen molar-refractivity contribution in [2.45, 2.75) is 51.5 Å². The van der Waals surface area contributed by atoms with E-state index in [1.165, 1.54) is 4.31 Å². The molecule has 0 saturated carbocycles. The number of carboxylic acids is 1. The lowest BCUT2D eigenvalue weighted by Crippen LogP contribution is -2.44. The minimum Gasteiger partial charge on any atom is -0.486 e. The summed E-state index contributed by atoms with van der Waals surface area (Å²) < 4.78 is 35.2. The summed E-state index contributed by atoms with van der Waals surface area (Å²) in [5.74, 6) is -0.449. The zero-order valence-corrected chi connectivity index (χ0v) is 21.2. The minimum atomic E-state index is -3.89. The molecule has 1 atom stereocenters. The molecule has 0 spiro atoms. The van der Waals surface area contributed by atoms with Gasteiger partial charge in [-0.15, -0.1) is 0 Å². The standard InChI is InChI=1S/C27H30N2O5S/c1-18-7-5-9-22(15-18)35(32,33)29-17-21(13-14-27(3,4)26(30)31)34-25-12-11-20(16-24(25)29)23-10-6-8-19(2)28-23/h5-12,15-16,21H,13-14,17H2,1-4H3,(H,30,31)/t21-/m0/s1. The maximum Gasteiger partial charge on any atom is 0.309 e. The van der Waals surface area contributed by atoms with Crippen molar-refractivity contribution in [3.63, 3.8) is 0 Å². The molecular weight excluding hydrogens is 464 g/mol. The Morgan fingerprint density at radius 3 is 2.54 bits per heavy atom. The molecule has 0 amide bonds. The summed E-state index contributed by atoms with van der Waals surface area (Å²) in [5.41, 5.74) is 2.74. The first-order valence-corrected chi connectivity index (χ1v) is 13.0. The van der Waals surface area contributed by atoms with Gasteiger partial charge in [0.15, 0.2) is 0 Å². The zero-order valence-electron chi connectivity index (χ0n) is 20.4. The molecule has 0 saturated heterocycles. The molecular formula is C27H30N2O5S. The lowest BCUT2D eigenvalue weighted by molar-refractivity contribution is -0.147. The number of ether oxygens (including phenoxy) is 1. The van der Waals surface area contributed by atoms with E-state index in [0.717, 1.165) is 22.5 Å². The van der Waals surface area contributed by atoms with Crippen molar-refractivity contribution in [2.75, 3.05) is 10.8 Å². The van der Waals surface area contributed by atoms with Gasteiger partial charge in [-0.1, -0.05) is 18.2 Å². The number of benzene rings is 2. The van der Waals surface area contributed by atoms with E-state index in [1.807, 2.05) is 44.2 Å². The molecule has 2 aromatic carbocycles. The quantitative estimate of drug-likeness (QED) is 0.484. The fourth-order valence-corrected chi connectivity index (χ4v) is 5.69. The molecule has 0 aliphatic carbocycles. The fraction of sp³-hybridized carbons (Fsp3) is 0.333. The van der Waals surface area contributed by atoms with Gasteiger partial charge in [-0.3, -0.25) is 14.1 Å². The van der Waals surface area contributed by atoms with Gasteiger partial charge in [-0.2, -0.15) is 0 Å². The molecule has 35 heavy (non-hydrogen) atoms. The van der Waals surface area contributed by atoms with Gasteiger partial charge in [0.1, 0.15) is 11.9 Å². The van der Waals surface area contributed by atoms with Gasteiger partial charge in [-0.25, -0.2) is 8.42 Å². The highest BCUT2D eigenvalue weighted by Gasteiger charge is 2.36. The number of rotatable bonds is 7. The van der Waals surface area contributed by atoms with Crippen LogP contribution < -0.4 is 9.04 Å². The molecule has 0 fully saturated rings. The number of hydrogen-bond acceptors (Lipinski definition) is 5. The van der Waals surface area contributed by atoms with E-state index >= 15 is 0 Å². The summed E-state index contributed by atoms with van der Waals surface area (Å²) in [6, 6.07) is 17.9. The number of hydrogen-bond donors (Lipinski definition) is 1. The third-order valence-electron chi connectivity index (χ3n) is 6.32. The fourth-order valence-electron chi connectivity index (χ4n) is 4.08. The number of fused-ring (bicyclic) bond motifs is 1. The van der Waals surface area contributed by atoms with Crippen molar-refractivity contribution in [2.24, 2.45) is 5.41 Å². The average molecular weight is 495 g/mol. The van der Waals surface area contributed by atoms with Crippen LogP contribution >= 0.6 is 0 Å². The number of nitrogens with zero attached hydrogens (tertiary/aromatic N) is 2. The number of anilines is 1. The zero-order chi connectivity index (χ0) is 25.4. The summed E-state index contributed by atoms with van der Waals surface area (Å²) in [6.07, 6.45) is 0.273. The number of aliphatic carboxylic acids is 1. The molecule has 184 valence electrons. The second-order valence-electron chi connectivity index (χ2n) is 9.67. The Morgan fingerprint density at radius 2 is 1.86 bits per heavy atom. The van der Waals surface area contributed by atoms with Crippen molar-refractivity contribution >= 4 is 21.7 Å². The van der Waals surface area contributed by atoms with E-state index in [2.05, 4.69) is 4.98 Å². The highest BCUT2D eigenvalue weighted by Crippen LogP contribution is 2.41. The number of pyridine rings is 1. The van der Waals surface area contributed by atoms with Gasteiger partial charge >= 0.3 is 5.97 Å². The third kappa shape index (κ3) is 5.17. The van der Waals surface area contributed by atoms with Crippen LogP contribution in [0.4, 0.5) is 5.69 Å².